The molecule has 1 amide bonds. The summed E-state index contributed by atoms with van der Waals surface area (Å²) < 4.78 is 5.33. The maximum Gasteiger partial charge on any atom is 0.235 e. The maximum atomic E-state index is 11.5. The van der Waals surface area contributed by atoms with Gasteiger partial charge < -0.3 is 14.7 Å². The molecule has 4 nitrogen and oxygen atoms in total. The molecule has 15 heavy (non-hydrogen) atoms. The number of carbonyl (C=O) groups excluding carboxylic acids is 1. The number of methoxy groups -OCH3 is 1. The standard InChI is InChI=1S/C9H15B2NO3/c1-8(15-2)3-5-12(6-4-8)7(13)9(10,11)14/h14H,3-6H2,1-2H3. The fourth-order valence-electron chi connectivity index (χ4n) is 1.64. The van der Waals surface area contributed by atoms with Gasteiger partial charge in [0.1, 0.15) is 15.7 Å². The summed E-state index contributed by atoms with van der Waals surface area (Å²) >= 11 is 0. The Morgan fingerprint density at radius 3 is 2.27 bits per heavy atom. The van der Waals surface area contributed by atoms with Gasteiger partial charge in [0, 0.05) is 20.2 Å². The summed E-state index contributed by atoms with van der Waals surface area (Å²) in [5.41, 5.74) is -0.196. The number of hydrogen-bond acceptors (Lipinski definition) is 3. The molecule has 0 atom stereocenters. The van der Waals surface area contributed by atoms with Crippen molar-refractivity contribution in [1.29, 1.82) is 0 Å². The van der Waals surface area contributed by atoms with Gasteiger partial charge in [-0.3, -0.25) is 4.79 Å². The van der Waals surface area contributed by atoms with E-state index in [2.05, 4.69) is 0 Å². The van der Waals surface area contributed by atoms with Gasteiger partial charge in [0.2, 0.25) is 5.91 Å². The van der Waals surface area contributed by atoms with Gasteiger partial charge in [-0.2, -0.15) is 0 Å². The second kappa shape index (κ2) is 4.18. The molecule has 1 aliphatic rings. The van der Waals surface area contributed by atoms with Crippen LogP contribution in [0.1, 0.15) is 19.8 Å². The fourth-order valence-corrected chi connectivity index (χ4v) is 1.64. The third-order valence-electron chi connectivity index (χ3n) is 2.94. The van der Waals surface area contributed by atoms with E-state index >= 15 is 0 Å². The first-order valence-corrected chi connectivity index (χ1v) is 4.93. The number of carbonyl (C=O) groups is 1. The van der Waals surface area contributed by atoms with Gasteiger partial charge in [-0.1, -0.05) is 0 Å². The van der Waals surface area contributed by atoms with Crippen LogP contribution in [0, 0.1) is 0 Å². The maximum absolute atomic E-state index is 11.5. The number of aliphatic hydroxyl groups is 1. The molecule has 1 rings (SSSR count). The zero-order valence-electron chi connectivity index (χ0n) is 9.19. The average molecular weight is 207 g/mol. The lowest BCUT2D eigenvalue weighted by Gasteiger charge is -2.40. The Morgan fingerprint density at radius 2 is 1.93 bits per heavy atom. The number of nitrogens with zero attached hydrogens (tertiary/aromatic N) is 1. The summed E-state index contributed by atoms with van der Waals surface area (Å²) in [5.74, 6) is -0.638. The quantitative estimate of drug-likeness (QED) is 0.590. The topological polar surface area (TPSA) is 49.8 Å². The third-order valence-corrected chi connectivity index (χ3v) is 2.94. The second-order valence-corrected chi connectivity index (χ2v) is 4.27. The predicted octanol–water partition coefficient (Wildman–Crippen LogP) is -1.00. The highest BCUT2D eigenvalue weighted by atomic mass is 16.5. The van der Waals surface area contributed by atoms with Crippen LogP contribution in [0.5, 0.6) is 0 Å². The molecular weight excluding hydrogens is 192 g/mol. The van der Waals surface area contributed by atoms with Crippen molar-refractivity contribution in [3.63, 3.8) is 0 Å². The lowest BCUT2D eigenvalue weighted by molar-refractivity contribution is -0.143. The van der Waals surface area contributed by atoms with Gasteiger partial charge in [0.05, 0.1) is 11.0 Å². The van der Waals surface area contributed by atoms with Crippen LogP contribution >= 0.6 is 0 Å². The van der Waals surface area contributed by atoms with Crippen molar-refractivity contribution in [3.8, 4) is 0 Å². The number of hydrogen-bond donors (Lipinski definition) is 1. The number of amides is 1. The van der Waals surface area contributed by atoms with Crippen molar-refractivity contribution >= 4 is 21.6 Å². The van der Waals surface area contributed by atoms with Crippen LogP contribution in [0.3, 0.4) is 0 Å². The van der Waals surface area contributed by atoms with E-state index in [9.17, 15) is 4.79 Å². The van der Waals surface area contributed by atoms with Crippen molar-refractivity contribution in [3.05, 3.63) is 0 Å². The molecule has 80 valence electrons. The molecule has 4 radical (unpaired) electrons. The van der Waals surface area contributed by atoms with E-state index in [1.807, 2.05) is 6.92 Å². The zero-order chi connectivity index (χ0) is 11.7. The number of ether oxygens (including phenoxy) is 1. The lowest BCUT2D eigenvalue weighted by Crippen LogP contribution is -2.54. The molecule has 0 unspecified atom stereocenters. The van der Waals surface area contributed by atoms with E-state index in [4.69, 9.17) is 25.5 Å². The molecule has 1 heterocycles. The summed E-state index contributed by atoms with van der Waals surface area (Å²) in [7, 11) is 11.9. The highest BCUT2D eigenvalue weighted by Gasteiger charge is 2.35. The van der Waals surface area contributed by atoms with Gasteiger partial charge in [-0.05, 0) is 19.8 Å². The minimum atomic E-state index is -2.26. The molecule has 0 bridgehead atoms. The number of rotatable bonds is 2. The molecule has 1 saturated heterocycles. The monoisotopic (exact) mass is 207 g/mol. The van der Waals surface area contributed by atoms with Crippen LogP contribution < -0.4 is 0 Å². The highest BCUT2D eigenvalue weighted by molar-refractivity contribution is 6.49. The largest absolute Gasteiger partial charge is 0.400 e. The average Bonchev–Trinajstić information content (AvgIpc) is 2.17. The van der Waals surface area contributed by atoms with Gasteiger partial charge in [0.15, 0.2) is 0 Å². The molecule has 1 aliphatic heterocycles. The Bertz CT molecular complexity index is 244. The van der Waals surface area contributed by atoms with E-state index in [0.717, 1.165) is 0 Å². The van der Waals surface area contributed by atoms with E-state index in [-0.39, 0.29) is 5.60 Å². The number of likely N-dealkylation sites (tertiary alicyclic amines) is 1. The molecule has 1 fully saturated rings. The Morgan fingerprint density at radius 1 is 1.47 bits per heavy atom. The first kappa shape index (κ1) is 12.6. The second-order valence-electron chi connectivity index (χ2n) is 4.27. The normalized spacial score (nSPS) is 21.4. The zero-order valence-corrected chi connectivity index (χ0v) is 9.19. The smallest absolute Gasteiger partial charge is 0.235 e. The Kier molecular flexibility index (Phi) is 3.51. The van der Waals surface area contributed by atoms with Crippen LogP contribution in [-0.2, 0) is 9.53 Å². The van der Waals surface area contributed by atoms with E-state index in [0.29, 0.717) is 25.9 Å². The van der Waals surface area contributed by atoms with Crippen LogP contribution in [-0.4, -0.2) is 62.8 Å². The summed E-state index contributed by atoms with van der Waals surface area (Å²) in [6.45, 7) is 2.99. The van der Waals surface area contributed by atoms with Crippen LogP contribution in [0.15, 0.2) is 0 Å². The molecule has 1 N–H and O–H groups in total. The first-order chi connectivity index (χ1) is 6.78. The molecule has 0 aliphatic carbocycles. The van der Waals surface area contributed by atoms with Crippen LogP contribution in [0.25, 0.3) is 0 Å². The van der Waals surface area contributed by atoms with Crippen molar-refractivity contribution in [2.45, 2.75) is 30.8 Å². The molecular formula is C9H15B2NO3. The minimum absolute atomic E-state index is 0.196. The third kappa shape index (κ3) is 2.98. The van der Waals surface area contributed by atoms with E-state index < -0.39 is 11.3 Å². The molecule has 0 aromatic rings. The highest BCUT2D eigenvalue weighted by Crippen LogP contribution is 2.25. The van der Waals surface area contributed by atoms with Crippen molar-refractivity contribution in [2.24, 2.45) is 0 Å². The fraction of sp³-hybridized carbons (Fsp3) is 0.889. The molecule has 0 spiro atoms. The predicted molar refractivity (Wildman–Crippen MR) is 57.7 cm³/mol. The summed E-state index contributed by atoms with van der Waals surface area (Å²) in [6, 6.07) is 0. The summed E-state index contributed by atoms with van der Waals surface area (Å²) in [5, 5.41) is 6.90. The molecule has 0 saturated carbocycles. The Hall–Kier alpha value is -0.480. The van der Waals surface area contributed by atoms with Crippen molar-refractivity contribution in [2.75, 3.05) is 20.2 Å². The Balaban J connectivity index is 2.55. The molecule has 0 aromatic carbocycles. The van der Waals surface area contributed by atoms with E-state index in [1.54, 1.807) is 7.11 Å². The van der Waals surface area contributed by atoms with Gasteiger partial charge >= 0.3 is 0 Å². The van der Waals surface area contributed by atoms with Crippen LogP contribution in [0.4, 0.5) is 0 Å². The number of piperidine rings is 1. The Labute approximate surface area is 92.8 Å². The van der Waals surface area contributed by atoms with Gasteiger partial charge in [-0.15, -0.1) is 0 Å². The van der Waals surface area contributed by atoms with Gasteiger partial charge in [0.25, 0.3) is 0 Å². The van der Waals surface area contributed by atoms with E-state index in [1.165, 1.54) is 4.90 Å². The first-order valence-electron chi connectivity index (χ1n) is 4.93. The summed E-state index contributed by atoms with van der Waals surface area (Å²) in [4.78, 5) is 13.0. The van der Waals surface area contributed by atoms with Crippen LogP contribution in [0.2, 0.25) is 0 Å². The SMILES string of the molecule is [B]C([B])(O)C(=O)N1CCC(C)(OC)CC1. The molecule has 6 heteroatoms. The lowest BCUT2D eigenvalue weighted by atomic mass is 9.64. The van der Waals surface area contributed by atoms with Gasteiger partial charge in [-0.25, -0.2) is 0 Å². The van der Waals surface area contributed by atoms with Crippen molar-refractivity contribution < 1.29 is 14.6 Å². The minimum Gasteiger partial charge on any atom is -0.400 e. The molecule has 0 aromatic heterocycles. The van der Waals surface area contributed by atoms with Crippen molar-refractivity contribution in [1.82, 2.24) is 4.90 Å². The summed E-state index contributed by atoms with van der Waals surface area (Å²) in [6.07, 6.45) is 1.43.